The fraction of sp³-hybridized carbons (Fsp3) is 1.00. The molecule has 1 aliphatic carbocycles. The molecule has 2 N–H and O–H groups in total. The van der Waals surface area contributed by atoms with E-state index in [-0.39, 0.29) is 18.2 Å². The van der Waals surface area contributed by atoms with Crippen LogP contribution in [0.4, 0.5) is 0 Å². The van der Waals surface area contributed by atoms with Crippen LogP contribution in [-0.2, 0) is 9.47 Å². The van der Waals surface area contributed by atoms with Gasteiger partial charge in [-0.05, 0) is 26.7 Å². The Labute approximate surface area is 99.7 Å². The lowest BCUT2D eigenvalue weighted by Gasteiger charge is -2.29. The van der Waals surface area contributed by atoms with Crippen molar-refractivity contribution < 1.29 is 9.47 Å². The molecule has 1 rings (SSSR count). The molecule has 3 heteroatoms. The van der Waals surface area contributed by atoms with Crippen LogP contribution >= 0.6 is 0 Å². The van der Waals surface area contributed by atoms with E-state index in [1.807, 2.05) is 6.92 Å². The van der Waals surface area contributed by atoms with Crippen molar-refractivity contribution >= 4 is 0 Å². The van der Waals surface area contributed by atoms with Crippen molar-refractivity contribution in [3.8, 4) is 0 Å². The van der Waals surface area contributed by atoms with Crippen molar-refractivity contribution in [1.82, 2.24) is 0 Å². The Morgan fingerprint density at radius 2 is 1.88 bits per heavy atom. The molecule has 1 saturated carbocycles. The highest BCUT2D eigenvalue weighted by molar-refractivity contribution is 4.76. The molecular formula is C13H27NO2. The molecule has 0 bridgehead atoms. The smallest absolute Gasteiger partial charge is 0.0785 e. The Kier molecular flexibility index (Phi) is 7.01. The maximum Gasteiger partial charge on any atom is 0.0785 e. The third kappa shape index (κ3) is 5.28. The van der Waals surface area contributed by atoms with Crippen LogP contribution in [0.3, 0.4) is 0 Å². The van der Waals surface area contributed by atoms with Crippen molar-refractivity contribution in [2.45, 2.75) is 70.6 Å². The van der Waals surface area contributed by atoms with E-state index in [0.717, 1.165) is 19.4 Å². The maximum absolute atomic E-state index is 6.16. The van der Waals surface area contributed by atoms with E-state index >= 15 is 0 Å². The zero-order valence-electron chi connectivity index (χ0n) is 10.8. The number of nitrogens with two attached hydrogens (primary N) is 1. The molecule has 0 saturated heterocycles. The van der Waals surface area contributed by atoms with Crippen LogP contribution in [0, 0.1) is 0 Å². The molecule has 0 heterocycles. The standard InChI is InChI=1S/C13H27NO2/c1-3-15-10-11(2)16-13-9-7-5-4-6-8-12(13)14/h11-13H,3-10,14H2,1-2H3. The Balaban J connectivity index is 2.30. The Morgan fingerprint density at radius 3 is 2.56 bits per heavy atom. The molecule has 0 spiro atoms. The summed E-state index contributed by atoms with van der Waals surface area (Å²) >= 11 is 0. The predicted molar refractivity (Wildman–Crippen MR) is 66.5 cm³/mol. The van der Waals surface area contributed by atoms with E-state index in [4.69, 9.17) is 15.2 Å². The van der Waals surface area contributed by atoms with Gasteiger partial charge in [0.25, 0.3) is 0 Å². The van der Waals surface area contributed by atoms with E-state index in [0.29, 0.717) is 6.61 Å². The summed E-state index contributed by atoms with van der Waals surface area (Å²) in [5, 5.41) is 0. The van der Waals surface area contributed by atoms with Gasteiger partial charge >= 0.3 is 0 Å². The highest BCUT2D eigenvalue weighted by atomic mass is 16.5. The average molecular weight is 229 g/mol. The molecule has 0 aromatic heterocycles. The van der Waals surface area contributed by atoms with Crippen LogP contribution in [0.1, 0.15) is 52.4 Å². The minimum atomic E-state index is 0.162. The first-order valence-electron chi connectivity index (χ1n) is 6.72. The molecule has 3 nitrogen and oxygen atoms in total. The van der Waals surface area contributed by atoms with Crippen molar-refractivity contribution in [1.29, 1.82) is 0 Å². The predicted octanol–water partition coefficient (Wildman–Crippen LogP) is 2.48. The molecule has 1 aliphatic rings. The first-order valence-corrected chi connectivity index (χ1v) is 6.72. The molecule has 16 heavy (non-hydrogen) atoms. The molecule has 0 amide bonds. The van der Waals surface area contributed by atoms with E-state index in [1.54, 1.807) is 0 Å². The van der Waals surface area contributed by atoms with E-state index in [2.05, 4.69) is 6.92 Å². The monoisotopic (exact) mass is 229 g/mol. The van der Waals surface area contributed by atoms with Gasteiger partial charge in [-0.1, -0.05) is 25.7 Å². The van der Waals surface area contributed by atoms with Gasteiger partial charge in [-0.15, -0.1) is 0 Å². The quantitative estimate of drug-likeness (QED) is 0.787. The van der Waals surface area contributed by atoms with Gasteiger partial charge in [-0.2, -0.15) is 0 Å². The van der Waals surface area contributed by atoms with Crippen LogP contribution in [-0.4, -0.2) is 31.5 Å². The minimum Gasteiger partial charge on any atom is -0.379 e. The summed E-state index contributed by atoms with van der Waals surface area (Å²) in [6.07, 6.45) is 7.76. The Morgan fingerprint density at radius 1 is 1.19 bits per heavy atom. The van der Waals surface area contributed by atoms with Crippen molar-refractivity contribution in [3.63, 3.8) is 0 Å². The average Bonchev–Trinajstić information content (AvgIpc) is 2.26. The molecular weight excluding hydrogens is 202 g/mol. The lowest BCUT2D eigenvalue weighted by molar-refractivity contribution is -0.0611. The first kappa shape index (κ1) is 13.9. The number of hydrogen-bond donors (Lipinski definition) is 1. The molecule has 3 unspecified atom stereocenters. The third-order valence-corrected chi connectivity index (χ3v) is 3.22. The van der Waals surface area contributed by atoms with Gasteiger partial charge in [0.1, 0.15) is 0 Å². The SMILES string of the molecule is CCOCC(C)OC1CCCCCCC1N. The summed E-state index contributed by atoms with van der Waals surface area (Å²) < 4.78 is 11.4. The van der Waals surface area contributed by atoms with Crippen LogP contribution in [0.2, 0.25) is 0 Å². The van der Waals surface area contributed by atoms with Crippen molar-refractivity contribution in [3.05, 3.63) is 0 Å². The van der Waals surface area contributed by atoms with Crippen molar-refractivity contribution in [2.24, 2.45) is 5.73 Å². The molecule has 0 aromatic carbocycles. The second-order valence-corrected chi connectivity index (χ2v) is 4.80. The van der Waals surface area contributed by atoms with Crippen LogP contribution < -0.4 is 5.73 Å². The number of hydrogen-bond acceptors (Lipinski definition) is 3. The molecule has 1 fully saturated rings. The van der Waals surface area contributed by atoms with Gasteiger partial charge < -0.3 is 15.2 Å². The molecule has 96 valence electrons. The first-order chi connectivity index (χ1) is 7.74. The van der Waals surface area contributed by atoms with Gasteiger partial charge in [0.2, 0.25) is 0 Å². The summed E-state index contributed by atoms with van der Waals surface area (Å²) in [7, 11) is 0. The zero-order valence-corrected chi connectivity index (χ0v) is 10.8. The van der Waals surface area contributed by atoms with E-state index in [9.17, 15) is 0 Å². The number of ether oxygens (including phenoxy) is 2. The minimum absolute atomic E-state index is 0.162. The maximum atomic E-state index is 6.16. The normalized spacial score (nSPS) is 29.4. The highest BCUT2D eigenvalue weighted by Crippen LogP contribution is 2.20. The Hall–Kier alpha value is -0.120. The topological polar surface area (TPSA) is 44.5 Å². The lowest BCUT2D eigenvalue weighted by Crippen LogP contribution is -2.40. The van der Waals surface area contributed by atoms with E-state index < -0.39 is 0 Å². The van der Waals surface area contributed by atoms with Gasteiger partial charge in [0.05, 0.1) is 18.8 Å². The largest absolute Gasteiger partial charge is 0.379 e. The fourth-order valence-electron chi connectivity index (χ4n) is 2.27. The Bertz CT molecular complexity index is 175. The zero-order chi connectivity index (χ0) is 11.8. The van der Waals surface area contributed by atoms with Gasteiger partial charge in [-0.25, -0.2) is 0 Å². The van der Waals surface area contributed by atoms with Gasteiger partial charge in [-0.3, -0.25) is 0 Å². The van der Waals surface area contributed by atoms with Crippen LogP contribution in [0.15, 0.2) is 0 Å². The van der Waals surface area contributed by atoms with Crippen molar-refractivity contribution in [2.75, 3.05) is 13.2 Å². The summed E-state index contributed by atoms with van der Waals surface area (Å²) in [5.74, 6) is 0. The highest BCUT2D eigenvalue weighted by Gasteiger charge is 2.21. The number of rotatable bonds is 5. The summed E-state index contributed by atoms with van der Waals surface area (Å²) in [6.45, 7) is 5.51. The van der Waals surface area contributed by atoms with Crippen LogP contribution in [0.25, 0.3) is 0 Å². The summed E-state index contributed by atoms with van der Waals surface area (Å²) in [4.78, 5) is 0. The molecule has 0 aromatic rings. The fourth-order valence-corrected chi connectivity index (χ4v) is 2.27. The molecule has 0 aliphatic heterocycles. The lowest BCUT2D eigenvalue weighted by atomic mass is 9.94. The molecule has 0 radical (unpaired) electrons. The van der Waals surface area contributed by atoms with Crippen LogP contribution in [0.5, 0.6) is 0 Å². The molecule has 3 atom stereocenters. The van der Waals surface area contributed by atoms with Gasteiger partial charge in [0.15, 0.2) is 0 Å². The van der Waals surface area contributed by atoms with E-state index in [1.165, 1.54) is 25.7 Å². The third-order valence-electron chi connectivity index (χ3n) is 3.22. The second-order valence-electron chi connectivity index (χ2n) is 4.80. The second kappa shape index (κ2) is 8.04. The summed E-state index contributed by atoms with van der Waals surface area (Å²) in [5.41, 5.74) is 6.16. The summed E-state index contributed by atoms with van der Waals surface area (Å²) in [6, 6.07) is 0.212. The van der Waals surface area contributed by atoms with Gasteiger partial charge in [0, 0.05) is 12.6 Å².